The summed E-state index contributed by atoms with van der Waals surface area (Å²) < 4.78 is 0. The minimum Gasteiger partial charge on any atom is -0.372 e. The first-order valence-electron chi connectivity index (χ1n) is 7.17. The molecule has 0 amide bonds. The summed E-state index contributed by atoms with van der Waals surface area (Å²) in [6, 6.07) is 13.9. The van der Waals surface area contributed by atoms with E-state index in [4.69, 9.17) is 5.26 Å². The van der Waals surface area contributed by atoms with Gasteiger partial charge in [-0.05, 0) is 57.2 Å². The molecule has 4 heteroatoms. The molecule has 4 nitrogen and oxygen atoms in total. The SMILES string of the molecule is CCN(CC)c1ccc(Nc2cc(C#N)cc(C)n2)cc1. The first kappa shape index (κ1) is 14.9. The van der Waals surface area contributed by atoms with Gasteiger partial charge in [-0.15, -0.1) is 0 Å². The number of aromatic nitrogens is 1. The van der Waals surface area contributed by atoms with E-state index in [-0.39, 0.29) is 0 Å². The van der Waals surface area contributed by atoms with Crippen LogP contribution in [0.4, 0.5) is 17.2 Å². The molecule has 2 aromatic rings. The van der Waals surface area contributed by atoms with Crippen molar-refractivity contribution in [1.82, 2.24) is 4.98 Å². The zero-order valence-corrected chi connectivity index (χ0v) is 12.7. The molecule has 2 rings (SSSR count). The fraction of sp³-hybridized carbons (Fsp3) is 0.294. The highest BCUT2D eigenvalue weighted by atomic mass is 15.1. The molecule has 108 valence electrons. The van der Waals surface area contributed by atoms with E-state index in [0.29, 0.717) is 11.4 Å². The third-order valence-electron chi connectivity index (χ3n) is 3.35. The van der Waals surface area contributed by atoms with Gasteiger partial charge in [0.05, 0.1) is 11.6 Å². The molecule has 0 fully saturated rings. The molecule has 0 aliphatic carbocycles. The Hall–Kier alpha value is -2.54. The van der Waals surface area contributed by atoms with Crippen LogP contribution in [0.5, 0.6) is 0 Å². The van der Waals surface area contributed by atoms with Gasteiger partial charge >= 0.3 is 0 Å². The third kappa shape index (κ3) is 3.73. The van der Waals surface area contributed by atoms with Gasteiger partial charge in [-0.25, -0.2) is 4.98 Å². The van der Waals surface area contributed by atoms with Gasteiger partial charge in [-0.3, -0.25) is 0 Å². The summed E-state index contributed by atoms with van der Waals surface area (Å²) in [5.41, 5.74) is 3.62. The average Bonchev–Trinajstić information content (AvgIpc) is 2.49. The summed E-state index contributed by atoms with van der Waals surface area (Å²) in [7, 11) is 0. The van der Waals surface area contributed by atoms with Crippen molar-refractivity contribution in [1.29, 1.82) is 5.26 Å². The number of nitriles is 1. The molecule has 1 N–H and O–H groups in total. The first-order chi connectivity index (χ1) is 10.2. The lowest BCUT2D eigenvalue weighted by atomic mass is 10.2. The molecule has 0 bridgehead atoms. The molecule has 1 aromatic heterocycles. The molecule has 0 spiro atoms. The number of pyridine rings is 1. The van der Waals surface area contributed by atoms with Crippen LogP contribution in [0.2, 0.25) is 0 Å². The molecular weight excluding hydrogens is 260 g/mol. The highest BCUT2D eigenvalue weighted by Crippen LogP contribution is 2.21. The van der Waals surface area contributed by atoms with Gasteiger partial charge < -0.3 is 10.2 Å². The fourth-order valence-corrected chi connectivity index (χ4v) is 2.29. The molecule has 0 saturated carbocycles. The monoisotopic (exact) mass is 280 g/mol. The summed E-state index contributed by atoms with van der Waals surface area (Å²) >= 11 is 0. The second-order valence-electron chi connectivity index (χ2n) is 4.84. The van der Waals surface area contributed by atoms with Gasteiger partial charge in [0.2, 0.25) is 0 Å². The summed E-state index contributed by atoms with van der Waals surface area (Å²) in [6.07, 6.45) is 0. The number of nitrogens with zero attached hydrogens (tertiary/aromatic N) is 3. The van der Waals surface area contributed by atoms with Crippen LogP contribution >= 0.6 is 0 Å². The molecule has 1 heterocycles. The number of aryl methyl sites for hydroxylation is 1. The number of hydrogen-bond acceptors (Lipinski definition) is 4. The van der Waals surface area contributed by atoms with Crippen molar-refractivity contribution in [3.8, 4) is 6.07 Å². The standard InChI is InChI=1S/C17H20N4/c1-4-21(5-2)16-8-6-15(7-9-16)20-17-11-14(12-18)10-13(3)19-17/h6-11H,4-5H2,1-3H3,(H,19,20). The Bertz CT molecular complexity index is 637. The molecule has 0 unspecified atom stereocenters. The fourth-order valence-electron chi connectivity index (χ4n) is 2.29. The molecule has 0 atom stereocenters. The highest BCUT2D eigenvalue weighted by Gasteiger charge is 2.03. The van der Waals surface area contributed by atoms with Crippen molar-refractivity contribution in [3.63, 3.8) is 0 Å². The Balaban J connectivity index is 2.17. The molecule has 0 radical (unpaired) electrons. The maximum Gasteiger partial charge on any atom is 0.131 e. The summed E-state index contributed by atoms with van der Waals surface area (Å²) in [6.45, 7) is 8.17. The maximum atomic E-state index is 8.99. The molecule has 1 aromatic carbocycles. The van der Waals surface area contributed by atoms with Gasteiger partial charge in [0.1, 0.15) is 5.82 Å². The zero-order chi connectivity index (χ0) is 15.2. The summed E-state index contributed by atoms with van der Waals surface area (Å²) in [5, 5.41) is 12.2. The number of anilines is 3. The highest BCUT2D eigenvalue weighted by molar-refractivity contribution is 5.61. The van der Waals surface area contributed by atoms with Gasteiger partial charge in [0.25, 0.3) is 0 Å². The minimum atomic E-state index is 0.616. The minimum absolute atomic E-state index is 0.616. The van der Waals surface area contributed by atoms with E-state index in [9.17, 15) is 0 Å². The second kappa shape index (κ2) is 6.76. The van der Waals surface area contributed by atoms with Crippen molar-refractivity contribution < 1.29 is 0 Å². The van der Waals surface area contributed by atoms with E-state index < -0.39 is 0 Å². The predicted octanol–water partition coefficient (Wildman–Crippen LogP) is 3.85. The Morgan fingerprint density at radius 1 is 1.14 bits per heavy atom. The predicted molar refractivity (Wildman–Crippen MR) is 87.0 cm³/mol. The topological polar surface area (TPSA) is 52.0 Å². The van der Waals surface area contributed by atoms with Crippen LogP contribution in [0.25, 0.3) is 0 Å². The number of hydrogen-bond donors (Lipinski definition) is 1. The van der Waals surface area contributed by atoms with Crippen LogP contribution in [-0.2, 0) is 0 Å². The Kier molecular flexibility index (Phi) is 4.78. The van der Waals surface area contributed by atoms with Crippen LogP contribution < -0.4 is 10.2 Å². The van der Waals surface area contributed by atoms with Crippen LogP contribution in [-0.4, -0.2) is 18.1 Å². The van der Waals surface area contributed by atoms with Gasteiger partial charge in [0, 0.05) is 30.2 Å². The maximum absolute atomic E-state index is 8.99. The summed E-state index contributed by atoms with van der Waals surface area (Å²) in [5.74, 6) is 0.696. The largest absolute Gasteiger partial charge is 0.372 e. The van der Waals surface area contributed by atoms with E-state index in [0.717, 1.165) is 24.5 Å². The Labute approximate surface area is 126 Å². The normalized spacial score (nSPS) is 10.0. The van der Waals surface area contributed by atoms with Gasteiger partial charge in [-0.2, -0.15) is 5.26 Å². The van der Waals surface area contributed by atoms with Gasteiger partial charge in [0.15, 0.2) is 0 Å². The van der Waals surface area contributed by atoms with Crippen molar-refractivity contribution in [2.24, 2.45) is 0 Å². The Morgan fingerprint density at radius 2 is 1.81 bits per heavy atom. The zero-order valence-electron chi connectivity index (χ0n) is 12.7. The van der Waals surface area contributed by atoms with E-state index in [1.807, 2.05) is 19.1 Å². The molecule has 0 aliphatic heterocycles. The average molecular weight is 280 g/mol. The van der Waals surface area contributed by atoms with Crippen molar-refractivity contribution >= 4 is 17.2 Å². The van der Waals surface area contributed by atoms with Crippen molar-refractivity contribution in [2.75, 3.05) is 23.3 Å². The number of benzene rings is 1. The summed E-state index contributed by atoms with van der Waals surface area (Å²) in [4.78, 5) is 6.69. The van der Waals surface area contributed by atoms with Crippen LogP contribution in [0.1, 0.15) is 25.1 Å². The number of rotatable bonds is 5. The third-order valence-corrected chi connectivity index (χ3v) is 3.35. The van der Waals surface area contributed by atoms with E-state index in [1.54, 1.807) is 12.1 Å². The molecule has 0 saturated heterocycles. The van der Waals surface area contributed by atoms with E-state index >= 15 is 0 Å². The molecule has 0 aliphatic rings. The van der Waals surface area contributed by atoms with Crippen molar-refractivity contribution in [3.05, 3.63) is 47.7 Å². The van der Waals surface area contributed by atoms with Crippen LogP contribution in [0.3, 0.4) is 0 Å². The lowest BCUT2D eigenvalue weighted by Gasteiger charge is -2.21. The quantitative estimate of drug-likeness (QED) is 0.903. The van der Waals surface area contributed by atoms with E-state index in [2.05, 4.69) is 47.3 Å². The molecular formula is C17H20N4. The Morgan fingerprint density at radius 3 is 2.38 bits per heavy atom. The first-order valence-corrected chi connectivity index (χ1v) is 7.17. The lowest BCUT2D eigenvalue weighted by molar-refractivity contribution is 0.866. The second-order valence-corrected chi connectivity index (χ2v) is 4.84. The smallest absolute Gasteiger partial charge is 0.131 e. The molecule has 21 heavy (non-hydrogen) atoms. The van der Waals surface area contributed by atoms with Crippen LogP contribution in [0.15, 0.2) is 36.4 Å². The van der Waals surface area contributed by atoms with E-state index in [1.165, 1.54) is 5.69 Å². The number of nitrogens with one attached hydrogen (secondary N) is 1. The lowest BCUT2D eigenvalue weighted by Crippen LogP contribution is -2.21. The van der Waals surface area contributed by atoms with Gasteiger partial charge in [-0.1, -0.05) is 0 Å². The van der Waals surface area contributed by atoms with Crippen molar-refractivity contribution in [2.45, 2.75) is 20.8 Å². The van der Waals surface area contributed by atoms with Crippen LogP contribution in [0, 0.1) is 18.3 Å².